The van der Waals surface area contributed by atoms with Gasteiger partial charge in [0.15, 0.2) is 0 Å². The predicted octanol–water partition coefficient (Wildman–Crippen LogP) is 1.93. The quantitative estimate of drug-likeness (QED) is 0.871. The molecule has 1 aliphatic rings. The molecule has 2 N–H and O–H groups in total. The average Bonchev–Trinajstić information content (AvgIpc) is 2.46. The van der Waals surface area contributed by atoms with Gasteiger partial charge in [-0.3, -0.25) is 9.59 Å². The molecule has 114 valence electrons. The van der Waals surface area contributed by atoms with E-state index < -0.39 is 0 Å². The summed E-state index contributed by atoms with van der Waals surface area (Å²) in [6.07, 6.45) is 5.64. The van der Waals surface area contributed by atoms with E-state index in [1.807, 2.05) is 0 Å². The number of halogens is 1. The molecular formula is C16H21FN2O2. The number of hydrogen-bond donors (Lipinski definition) is 2. The van der Waals surface area contributed by atoms with Gasteiger partial charge in [-0.25, -0.2) is 4.39 Å². The summed E-state index contributed by atoms with van der Waals surface area (Å²) in [7, 11) is 0. The highest BCUT2D eigenvalue weighted by atomic mass is 19.1. The number of nitrogens with one attached hydrogen (secondary N) is 2. The van der Waals surface area contributed by atoms with Crippen LogP contribution in [0.4, 0.5) is 4.39 Å². The Kier molecular flexibility index (Phi) is 5.72. The highest BCUT2D eigenvalue weighted by Crippen LogP contribution is 2.17. The lowest BCUT2D eigenvalue weighted by Crippen LogP contribution is -2.43. The monoisotopic (exact) mass is 292 g/mol. The second kappa shape index (κ2) is 7.76. The van der Waals surface area contributed by atoms with Gasteiger partial charge in [0.1, 0.15) is 5.82 Å². The number of benzene rings is 1. The molecule has 4 nitrogen and oxygen atoms in total. The Hall–Kier alpha value is -1.91. The minimum atomic E-state index is -0.365. The molecule has 0 radical (unpaired) electrons. The molecule has 0 atom stereocenters. The van der Waals surface area contributed by atoms with E-state index >= 15 is 0 Å². The van der Waals surface area contributed by atoms with Crippen molar-refractivity contribution in [2.75, 3.05) is 6.54 Å². The fourth-order valence-corrected chi connectivity index (χ4v) is 2.60. The fraction of sp³-hybridized carbons (Fsp3) is 0.500. The van der Waals surface area contributed by atoms with E-state index in [-0.39, 0.29) is 36.6 Å². The molecule has 2 amide bonds. The lowest BCUT2D eigenvalue weighted by Gasteiger charge is -2.22. The average molecular weight is 292 g/mol. The van der Waals surface area contributed by atoms with Crippen LogP contribution in [-0.4, -0.2) is 24.4 Å². The van der Waals surface area contributed by atoms with Crippen LogP contribution >= 0.6 is 0 Å². The Morgan fingerprint density at radius 2 is 1.90 bits per heavy atom. The first-order valence-electron chi connectivity index (χ1n) is 7.44. The second-order valence-electron chi connectivity index (χ2n) is 5.49. The number of carbonyl (C=O) groups is 2. The topological polar surface area (TPSA) is 58.2 Å². The first kappa shape index (κ1) is 15.5. The molecule has 1 aromatic rings. The zero-order valence-electron chi connectivity index (χ0n) is 12.0. The fourth-order valence-electron chi connectivity index (χ4n) is 2.60. The van der Waals surface area contributed by atoms with Crippen LogP contribution in [0.25, 0.3) is 0 Å². The Bertz CT molecular complexity index is 499. The van der Waals surface area contributed by atoms with Gasteiger partial charge in [-0.1, -0.05) is 31.4 Å². The molecular weight excluding hydrogens is 271 g/mol. The summed E-state index contributed by atoms with van der Waals surface area (Å²) in [5.74, 6) is -0.802. The molecule has 0 spiro atoms. The van der Waals surface area contributed by atoms with Crippen LogP contribution in [0.5, 0.6) is 0 Å². The third kappa shape index (κ3) is 5.53. The smallest absolute Gasteiger partial charge is 0.239 e. The summed E-state index contributed by atoms with van der Waals surface area (Å²) in [5, 5.41) is 5.50. The van der Waals surface area contributed by atoms with Crippen molar-refractivity contribution >= 4 is 11.8 Å². The minimum Gasteiger partial charge on any atom is -0.352 e. The lowest BCUT2D eigenvalue weighted by molar-refractivity contribution is -0.126. The Morgan fingerprint density at radius 1 is 1.14 bits per heavy atom. The zero-order chi connectivity index (χ0) is 15.1. The van der Waals surface area contributed by atoms with Crippen molar-refractivity contribution in [1.29, 1.82) is 0 Å². The van der Waals surface area contributed by atoms with Gasteiger partial charge in [-0.2, -0.15) is 0 Å². The maximum atomic E-state index is 13.0. The standard InChI is InChI=1S/C16H21FN2O2/c17-13-6-4-5-12(9-13)10-15(20)18-11-16(21)19-14-7-2-1-3-8-14/h4-6,9,14H,1-3,7-8,10-11H2,(H,18,20)(H,19,21). The van der Waals surface area contributed by atoms with Crippen LogP contribution in [0.1, 0.15) is 37.7 Å². The van der Waals surface area contributed by atoms with E-state index in [1.54, 1.807) is 12.1 Å². The summed E-state index contributed by atoms with van der Waals surface area (Å²) in [5.41, 5.74) is 0.597. The van der Waals surface area contributed by atoms with Crippen molar-refractivity contribution in [2.45, 2.75) is 44.6 Å². The number of amides is 2. The Balaban J connectivity index is 1.69. The molecule has 21 heavy (non-hydrogen) atoms. The van der Waals surface area contributed by atoms with Crippen molar-refractivity contribution in [3.63, 3.8) is 0 Å². The highest BCUT2D eigenvalue weighted by molar-refractivity contribution is 5.85. The van der Waals surface area contributed by atoms with Gasteiger partial charge < -0.3 is 10.6 Å². The van der Waals surface area contributed by atoms with Crippen LogP contribution in [0.3, 0.4) is 0 Å². The lowest BCUT2D eigenvalue weighted by atomic mass is 9.95. The SMILES string of the molecule is O=C(Cc1cccc(F)c1)NCC(=O)NC1CCCCC1. The zero-order valence-corrected chi connectivity index (χ0v) is 12.0. The van der Waals surface area contributed by atoms with Gasteiger partial charge in [-0.15, -0.1) is 0 Å². The van der Waals surface area contributed by atoms with Crippen molar-refractivity contribution in [3.8, 4) is 0 Å². The molecule has 0 unspecified atom stereocenters. The van der Waals surface area contributed by atoms with Gasteiger partial charge in [0, 0.05) is 6.04 Å². The number of hydrogen-bond acceptors (Lipinski definition) is 2. The van der Waals surface area contributed by atoms with E-state index in [4.69, 9.17) is 0 Å². The van der Waals surface area contributed by atoms with Gasteiger partial charge in [0.25, 0.3) is 0 Å². The van der Waals surface area contributed by atoms with E-state index in [2.05, 4.69) is 10.6 Å². The van der Waals surface area contributed by atoms with Crippen molar-refractivity contribution in [1.82, 2.24) is 10.6 Å². The summed E-state index contributed by atoms with van der Waals surface area (Å²) >= 11 is 0. The summed E-state index contributed by atoms with van der Waals surface area (Å²) in [6, 6.07) is 6.14. The highest BCUT2D eigenvalue weighted by Gasteiger charge is 2.15. The van der Waals surface area contributed by atoms with Gasteiger partial charge in [0.05, 0.1) is 13.0 Å². The second-order valence-corrected chi connectivity index (χ2v) is 5.49. The Morgan fingerprint density at radius 3 is 2.62 bits per heavy atom. The maximum Gasteiger partial charge on any atom is 0.239 e. The number of rotatable bonds is 5. The molecule has 0 heterocycles. The first-order chi connectivity index (χ1) is 10.1. The summed E-state index contributed by atoms with van der Waals surface area (Å²) < 4.78 is 13.0. The minimum absolute atomic E-state index is 0.0232. The molecule has 0 aromatic heterocycles. The third-order valence-corrected chi connectivity index (χ3v) is 3.67. The summed E-state index contributed by atoms with van der Waals surface area (Å²) in [4.78, 5) is 23.4. The first-order valence-corrected chi connectivity index (χ1v) is 7.44. The van der Waals surface area contributed by atoms with E-state index in [0.29, 0.717) is 5.56 Å². The maximum absolute atomic E-state index is 13.0. The molecule has 1 aromatic carbocycles. The van der Waals surface area contributed by atoms with Crippen LogP contribution in [0.2, 0.25) is 0 Å². The van der Waals surface area contributed by atoms with Gasteiger partial charge in [-0.05, 0) is 30.5 Å². The molecule has 5 heteroatoms. The van der Waals surface area contributed by atoms with Gasteiger partial charge >= 0.3 is 0 Å². The Labute approximate surface area is 124 Å². The molecule has 0 aliphatic heterocycles. The molecule has 1 saturated carbocycles. The van der Waals surface area contributed by atoms with E-state index in [0.717, 1.165) is 25.7 Å². The van der Waals surface area contributed by atoms with Crippen molar-refractivity contribution in [3.05, 3.63) is 35.6 Å². The van der Waals surface area contributed by atoms with Gasteiger partial charge in [0.2, 0.25) is 11.8 Å². The van der Waals surface area contributed by atoms with Crippen LogP contribution in [-0.2, 0) is 16.0 Å². The normalized spacial score (nSPS) is 15.5. The van der Waals surface area contributed by atoms with Crippen LogP contribution in [0.15, 0.2) is 24.3 Å². The largest absolute Gasteiger partial charge is 0.352 e. The molecule has 1 aliphatic carbocycles. The van der Waals surface area contributed by atoms with Crippen molar-refractivity contribution in [2.24, 2.45) is 0 Å². The van der Waals surface area contributed by atoms with Crippen LogP contribution < -0.4 is 10.6 Å². The molecule has 1 fully saturated rings. The molecule has 2 rings (SSSR count). The van der Waals surface area contributed by atoms with E-state index in [1.165, 1.54) is 18.6 Å². The predicted molar refractivity (Wildman–Crippen MR) is 78.1 cm³/mol. The van der Waals surface area contributed by atoms with Crippen LogP contribution in [0, 0.1) is 5.82 Å². The van der Waals surface area contributed by atoms with E-state index in [9.17, 15) is 14.0 Å². The summed E-state index contributed by atoms with van der Waals surface area (Å²) in [6.45, 7) is -0.0232. The molecule has 0 bridgehead atoms. The molecule has 0 saturated heterocycles. The van der Waals surface area contributed by atoms with Crippen molar-refractivity contribution < 1.29 is 14.0 Å². The third-order valence-electron chi connectivity index (χ3n) is 3.67. The number of carbonyl (C=O) groups excluding carboxylic acids is 2.